The summed E-state index contributed by atoms with van der Waals surface area (Å²) in [6, 6.07) is 1.78. The van der Waals surface area contributed by atoms with Gasteiger partial charge in [-0.2, -0.15) is 20.1 Å². The maximum Gasteiger partial charge on any atom is 0.257 e. The highest BCUT2D eigenvalue weighted by molar-refractivity contribution is 5.34. The van der Waals surface area contributed by atoms with E-state index >= 15 is 0 Å². The van der Waals surface area contributed by atoms with Crippen molar-refractivity contribution in [2.24, 2.45) is 0 Å². The van der Waals surface area contributed by atoms with Gasteiger partial charge in [0.15, 0.2) is 0 Å². The van der Waals surface area contributed by atoms with Crippen molar-refractivity contribution in [2.75, 3.05) is 31.3 Å². The Bertz CT molecular complexity index is 485. The van der Waals surface area contributed by atoms with E-state index in [9.17, 15) is 0 Å². The van der Waals surface area contributed by atoms with E-state index in [2.05, 4.69) is 25.4 Å². The van der Waals surface area contributed by atoms with Gasteiger partial charge in [-0.3, -0.25) is 0 Å². The Morgan fingerprint density at radius 2 is 2.28 bits per heavy atom. The molecule has 0 amide bonds. The lowest BCUT2D eigenvalue weighted by Crippen LogP contribution is -2.13. The molecular weight excluding hydrogens is 234 g/mol. The Labute approximate surface area is 104 Å². The van der Waals surface area contributed by atoms with Crippen LogP contribution in [0.15, 0.2) is 18.5 Å². The molecule has 0 aliphatic carbocycles. The lowest BCUT2D eigenvalue weighted by atomic mass is 10.4. The van der Waals surface area contributed by atoms with Gasteiger partial charge in [0.05, 0.1) is 0 Å². The number of nitrogens with zero attached hydrogens (tertiary/aromatic N) is 5. The number of nitrogens with one attached hydrogen (secondary N) is 1. The lowest BCUT2D eigenvalue weighted by molar-refractivity contribution is 0.197. The second-order valence-electron chi connectivity index (χ2n) is 3.54. The van der Waals surface area contributed by atoms with Crippen LogP contribution in [0, 0.1) is 0 Å². The molecule has 0 aromatic carbocycles. The van der Waals surface area contributed by atoms with E-state index in [1.807, 2.05) is 0 Å². The van der Waals surface area contributed by atoms with Crippen molar-refractivity contribution in [3.63, 3.8) is 0 Å². The van der Waals surface area contributed by atoms with Gasteiger partial charge in [0.25, 0.3) is 5.95 Å². The monoisotopic (exact) mass is 249 g/mol. The highest BCUT2D eigenvalue weighted by Gasteiger charge is 2.05. The van der Waals surface area contributed by atoms with Gasteiger partial charge < -0.3 is 15.8 Å². The minimum Gasteiger partial charge on any atom is -0.385 e. The first-order chi connectivity index (χ1) is 8.79. The Morgan fingerprint density at radius 3 is 3.00 bits per heavy atom. The van der Waals surface area contributed by atoms with Gasteiger partial charge in [-0.1, -0.05) is 0 Å². The number of nitrogen functional groups attached to an aromatic ring is 1. The van der Waals surface area contributed by atoms with Crippen LogP contribution in [0.3, 0.4) is 0 Å². The fourth-order valence-electron chi connectivity index (χ4n) is 1.37. The zero-order valence-electron chi connectivity index (χ0n) is 10.1. The Kier molecular flexibility index (Phi) is 4.02. The average Bonchev–Trinajstić information content (AvgIpc) is 2.88. The zero-order chi connectivity index (χ0) is 12.8. The molecule has 2 heterocycles. The van der Waals surface area contributed by atoms with Gasteiger partial charge >= 0.3 is 0 Å². The highest BCUT2D eigenvalue weighted by atomic mass is 16.5. The minimum absolute atomic E-state index is 0.157. The third-order valence-corrected chi connectivity index (χ3v) is 2.16. The summed E-state index contributed by atoms with van der Waals surface area (Å²) in [5, 5.41) is 7.10. The van der Waals surface area contributed by atoms with E-state index < -0.39 is 0 Å². The van der Waals surface area contributed by atoms with Crippen molar-refractivity contribution < 1.29 is 4.74 Å². The number of aromatic nitrogens is 5. The van der Waals surface area contributed by atoms with Gasteiger partial charge in [0, 0.05) is 32.7 Å². The van der Waals surface area contributed by atoms with Crippen LogP contribution in [0.25, 0.3) is 5.95 Å². The van der Waals surface area contributed by atoms with Crippen LogP contribution >= 0.6 is 0 Å². The van der Waals surface area contributed by atoms with Crippen molar-refractivity contribution in [2.45, 2.75) is 6.42 Å². The summed E-state index contributed by atoms with van der Waals surface area (Å²) >= 11 is 0. The second-order valence-corrected chi connectivity index (χ2v) is 3.54. The van der Waals surface area contributed by atoms with Crippen LogP contribution in [-0.4, -0.2) is 45.0 Å². The molecule has 0 fully saturated rings. The Morgan fingerprint density at radius 1 is 1.39 bits per heavy atom. The fraction of sp³-hybridized carbons (Fsp3) is 0.400. The Balaban J connectivity index is 2.07. The number of methoxy groups -OCH3 is 1. The van der Waals surface area contributed by atoms with Gasteiger partial charge in [0.2, 0.25) is 11.9 Å². The van der Waals surface area contributed by atoms with Crippen LogP contribution < -0.4 is 11.1 Å². The van der Waals surface area contributed by atoms with Crippen molar-refractivity contribution >= 4 is 11.9 Å². The molecule has 2 rings (SSSR count). The van der Waals surface area contributed by atoms with Gasteiger partial charge in [0.1, 0.15) is 0 Å². The molecule has 0 aliphatic rings. The summed E-state index contributed by atoms with van der Waals surface area (Å²) in [6.45, 7) is 1.38. The summed E-state index contributed by atoms with van der Waals surface area (Å²) < 4.78 is 6.48. The first kappa shape index (κ1) is 12.2. The number of hydrogen-bond donors (Lipinski definition) is 2. The average molecular weight is 249 g/mol. The molecule has 8 nitrogen and oxygen atoms in total. The third-order valence-electron chi connectivity index (χ3n) is 2.16. The van der Waals surface area contributed by atoms with Crippen LogP contribution in [0.1, 0.15) is 6.42 Å². The first-order valence-corrected chi connectivity index (χ1v) is 5.54. The van der Waals surface area contributed by atoms with Crippen LogP contribution in [0.4, 0.5) is 11.9 Å². The van der Waals surface area contributed by atoms with Crippen LogP contribution in [0.5, 0.6) is 0 Å². The highest BCUT2D eigenvalue weighted by Crippen LogP contribution is 2.06. The fourth-order valence-corrected chi connectivity index (χ4v) is 1.37. The molecule has 18 heavy (non-hydrogen) atoms. The molecule has 2 aromatic rings. The molecule has 0 unspecified atom stereocenters. The van der Waals surface area contributed by atoms with Crippen LogP contribution in [0.2, 0.25) is 0 Å². The molecule has 8 heteroatoms. The molecule has 0 radical (unpaired) electrons. The summed E-state index contributed by atoms with van der Waals surface area (Å²) in [6.07, 6.45) is 4.24. The zero-order valence-corrected chi connectivity index (χ0v) is 10.1. The molecule has 0 atom stereocenters. The lowest BCUT2D eigenvalue weighted by Gasteiger charge is -2.06. The topological polar surface area (TPSA) is 104 Å². The molecule has 3 N–H and O–H groups in total. The van der Waals surface area contributed by atoms with Crippen molar-refractivity contribution in [1.82, 2.24) is 24.7 Å². The molecule has 2 aromatic heterocycles. The van der Waals surface area contributed by atoms with E-state index in [1.165, 1.54) is 4.68 Å². The first-order valence-electron chi connectivity index (χ1n) is 5.54. The predicted molar refractivity (Wildman–Crippen MR) is 66.3 cm³/mol. The summed E-state index contributed by atoms with van der Waals surface area (Å²) in [5.41, 5.74) is 5.63. The number of nitrogens with two attached hydrogens (primary N) is 1. The van der Waals surface area contributed by atoms with E-state index in [0.717, 1.165) is 6.42 Å². The molecule has 0 bridgehead atoms. The molecule has 0 saturated heterocycles. The molecule has 96 valence electrons. The van der Waals surface area contributed by atoms with Crippen molar-refractivity contribution in [3.05, 3.63) is 18.5 Å². The van der Waals surface area contributed by atoms with Gasteiger partial charge in [-0.25, -0.2) is 4.68 Å². The summed E-state index contributed by atoms with van der Waals surface area (Å²) in [4.78, 5) is 12.2. The van der Waals surface area contributed by atoms with Crippen molar-refractivity contribution in [1.29, 1.82) is 0 Å². The molecule has 0 aliphatic heterocycles. The molecule has 0 spiro atoms. The van der Waals surface area contributed by atoms with E-state index in [0.29, 0.717) is 25.0 Å². The summed E-state index contributed by atoms with van der Waals surface area (Å²) in [5.74, 6) is 0.982. The predicted octanol–water partition coefficient (Wildman–Crippen LogP) is 0.0879. The normalized spacial score (nSPS) is 10.5. The SMILES string of the molecule is COCCCNc1nc(N)nc(-n2cccn2)n1. The number of ether oxygens (including phenoxy) is 1. The number of anilines is 2. The standard InChI is InChI=1S/C10H15N7O/c1-18-7-3-4-12-9-14-8(11)15-10(16-9)17-6-2-5-13-17/h2,5-6H,3-4,7H2,1H3,(H3,11,12,14,15,16). The largest absolute Gasteiger partial charge is 0.385 e. The maximum atomic E-state index is 5.63. The van der Waals surface area contributed by atoms with Gasteiger partial charge in [-0.05, 0) is 12.5 Å². The summed E-state index contributed by atoms with van der Waals surface area (Å²) in [7, 11) is 1.66. The quantitative estimate of drug-likeness (QED) is 0.699. The van der Waals surface area contributed by atoms with E-state index in [1.54, 1.807) is 25.6 Å². The van der Waals surface area contributed by atoms with Crippen molar-refractivity contribution in [3.8, 4) is 5.95 Å². The number of rotatable bonds is 6. The maximum absolute atomic E-state index is 5.63. The third kappa shape index (κ3) is 3.14. The molecular formula is C10H15N7O. The van der Waals surface area contributed by atoms with Crippen LogP contribution in [-0.2, 0) is 4.74 Å². The van der Waals surface area contributed by atoms with E-state index in [4.69, 9.17) is 10.5 Å². The smallest absolute Gasteiger partial charge is 0.257 e. The van der Waals surface area contributed by atoms with E-state index in [-0.39, 0.29) is 5.95 Å². The number of hydrogen-bond acceptors (Lipinski definition) is 7. The minimum atomic E-state index is 0.157. The molecule has 0 saturated carbocycles. The second kappa shape index (κ2) is 5.92. The Hall–Kier alpha value is -2.22. The van der Waals surface area contributed by atoms with Gasteiger partial charge in [-0.15, -0.1) is 0 Å².